The summed E-state index contributed by atoms with van der Waals surface area (Å²) in [5.41, 5.74) is 2.28. The van der Waals surface area contributed by atoms with E-state index in [9.17, 15) is 9.59 Å². The van der Waals surface area contributed by atoms with Crippen LogP contribution in [0.15, 0.2) is 36.4 Å². The summed E-state index contributed by atoms with van der Waals surface area (Å²) in [6, 6.07) is 7.54. The van der Waals surface area contributed by atoms with Crippen LogP contribution < -0.4 is 4.90 Å². The Bertz CT molecular complexity index is 697. The highest BCUT2D eigenvalue weighted by atomic mass is 16.3. The molecule has 0 atom stereocenters. The molecule has 1 aromatic carbocycles. The maximum Gasteiger partial charge on any atom is 0.258 e. The molecular weight excluding hydrogens is 256 g/mol. The monoisotopic (exact) mass is 270 g/mol. The quantitative estimate of drug-likeness (QED) is 0.827. The minimum atomic E-state index is -0.329. The number of carbonyl (C=O) groups excluding carboxylic acids is 2. The van der Waals surface area contributed by atoms with E-state index in [4.69, 9.17) is 5.11 Å². The topological polar surface area (TPSA) is 73.4 Å². The fourth-order valence-electron chi connectivity index (χ4n) is 2.50. The molecule has 3 rings (SSSR count). The number of aryl methyl sites for hydroxylation is 1. The van der Waals surface area contributed by atoms with Crippen LogP contribution in [-0.2, 0) is 16.0 Å². The Hall–Kier alpha value is -2.40. The second-order valence-corrected chi connectivity index (χ2v) is 4.67. The number of aliphatic hydroxyl groups excluding tert-OH is 1. The molecule has 102 valence electrons. The molecule has 2 N–H and O–H groups in total. The molecule has 0 saturated carbocycles. The molecule has 0 unspecified atom stereocenters. The van der Waals surface area contributed by atoms with Crippen molar-refractivity contribution in [2.75, 3.05) is 11.5 Å². The molecule has 1 aliphatic rings. The molecule has 5 heteroatoms. The molecule has 2 aromatic rings. The van der Waals surface area contributed by atoms with Crippen LogP contribution in [0.25, 0.3) is 10.9 Å². The van der Waals surface area contributed by atoms with E-state index in [0.29, 0.717) is 18.5 Å². The SMILES string of the molecule is O=C1C=CC(=O)N1c1c(CCCO)[nH]c2ccccc12. The van der Waals surface area contributed by atoms with Gasteiger partial charge in [-0.1, -0.05) is 18.2 Å². The Morgan fingerprint density at radius 1 is 1.10 bits per heavy atom. The molecule has 2 amide bonds. The fourth-order valence-corrected chi connectivity index (χ4v) is 2.50. The summed E-state index contributed by atoms with van der Waals surface area (Å²) in [4.78, 5) is 28.2. The number of aromatic nitrogens is 1. The summed E-state index contributed by atoms with van der Waals surface area (Å²) in [7, 11) is 0. The molecule has 0 bridgehead atoms. The lowest BCUT2D eigenvalue weighted by Crippen LogP contribution is -2.30. The third kappa shape index (κ3) is 1.92. The highest BCUT2D eigenvalue weighted by Gasteiger charge is 2.29. The van der Waals surface area contributed by atoms with Gasteiger partial charge in [-0.15, -0.1) is 0 Å². The third-order valence-electron chi connectivity index (χ3n) is 3.37. The normalized spacial score (nSPS) is 14.8. The number of imide groups is 1. The number of anilines is 1. The number of para-hydroxylation sites is 1. The van der Waals surface area contributed by atoms with Gasteiger partial charge in [0.05, 0.1) is 5.69 Å². The Balaban J connectivity index is 2.16. The van der Waals surface area contributed by atoms with Gasteiger partial charge in [-0.2, -0.15) is 0 Å². The summed E-state index contributed by atoms with van der Waals surface area (Å²) in [6.07, 6.45) is 3.71. The van der Waals surface area contributed by atoms with Gasteiger partial charge in [0, 0.05) is 35.4 Å². The van der Waals surface area contributed by atoms with E-state index in [1.807, 2.05) is 24.3 Å². The van der Waals surface area contributed by atoms with E-state index in [-0.39, 0.29) is 18.4 Å². The van der Waals surface area contributed by atoms with Crippen molar-refractivity contribution >= 4 is 28.4 Å². The Morgan fingerprint density at radius 2 is 1.80 bits per heavy atom. The number of rotatable bonds is 4. The van der Waals surface area contributed by atoms with Crippen molar-refractivity contribution in [3.05, 3.63) is 42.1 Å². The van der Waals surface area contributed by atoms with E-state index < -0.39 is 0 Å². The van der Waals surface area contributed by atoms with Gasteiger partial charge in [0.15, 0.2) is 0 Å². The fraction of sp³-hybridized carbons (Fsp3) is 0.200. The van der Waals surface area contributed by atoms with Crippen molar-refractivity contribution in [2.24, 2.45) is 0 Å². The molecule has 0 fully saturated rings. The van der Waals surface area contributed by atoms with Crippen molar-refractivity contribution in [3.63, 3.8) is 0 Å². The Kier molecular flexibility index (Phi) is 3.12. The second kappa shape index (κ2) is 4.94. The van der Waals surface area contributed by atoms with Crippen LogP contribution >= 0.6 is 0 Å². The lowest BCUT2D eigenvalue weighted by Gasteiger charge is -2.15. The van der Waals surface area contributed by atoms with Crippen molar-refractivity contribution in [1.29, 1.82) is 0 Å². The summed E-state index contributed by atoms with van der Waals surface area (Å²) >= 11 is 0. The van der Waals surface area contributed by atoms with Crippen LogP contribution in [0.5, 0.6) is 0 Å². The first-order valence-corrected chi connectivity index (χ1v) is 6.49. The van der Waals surface area contributed by atoms with Crippen LogP contribution in [0, 0.1) is 0 Å². The largest absolute Gasteiger partial charge is 0.396 e. The van der Waals surface area contributed by atoms with Crippen LogP contribution in [0.3, 0.4) is 0 Å². The second-order valence-electron chi connectivity index (χ2n) is 4.67. The van der Waals surface area contributed by atoms with E-state index in [1.54, 1.807) is 0 Å². The maximum absolute atomic E-state index is 11.9. The molecule has 0 saturated heterocycles. The summed E-state index contributed by atoms with van der Waals surface area (Å²) in [5, 5.41) is 9.83. The summed E-state index contributed by atoms with van der Waals surface area (Å²) < 4.78 is 0. The Morgan fingerprint density at radius 3 is 2.50 bits per heavy atom. The molecule has 5 nitrogen and oxygen atoms in total. The molecule has 1 aliphatic heterocycles. The van der Waals surface area contributed by atoms with Gasteiger partial charge in [-0.25, -0.2) is 4.90 Å². The predicted octanol–water partition coefficient (Wildman–Crippen LogP) is 1.52. The third-order valence-corrected chi connectivity index (χ3v) is 3.37. The van der Waals surface area contributed by atoms with Crippen molar-refractivity contribution in [2.45, 2.75) is 12.8 Å². The minimum absolute atomic E-state index is 0.0644. The molecule has 20 heavy (non-hydrogen) atoms. The van der Waals surface area contributed by atoms with E-state index in [2.05, 4.69) is 4.98 Å². The van der Waals surface area contributed by atoms with Gasteiger partial charge < -0.3 is 10.1 Å². The average molecular weight is 270 g/mol. The predicted molar refractivity (Wildman–Crippen MR) is 75.3 cm³/mol. The van der Waals surface area contributed by atoms with Gasteiger partial charge in [-0.3, -0.25) is 9.59 Å². The Labute approximate surface area is 115 Å². The summed E-state index contributed by atoms with van der Waals surface area (Å²) in [6.45, 7) is 0.0644. The van der Waals surface area contributed by atoms with E-state index >= 15 is 0 Å². The minimum Gasteiger partial charge on any atom is -0.396 e. The first-order valence-electron chi connectivity index (χ1n) is 6.49. The number of benzene rings is 1. The highest BCUT2D eigenvalue weighted by Crippen LogP contribution is 2.33. The zero-order valence-corrected chi connectivity index (χ0v) is 10.8. The summed E-state index contributed by atoms with van der Waals surface area (Å²) in [5.74, 6) is -0.657. The van der Waals surface area contributed by atoms with Gasteiger partial charge in [0.1, 0.15) is 0 Å². The molecule has 0 aliphatic carbocycles. The highest BCUT2D eigenvalue weighted by molar-refractivity contribution is 6.30. The lowest BCUT2D eigenvalue weighted by molar-refractivity contribution is -0.119. The average Bonchev–Trinajstić information content (AvgIpc) is 2.97. The number of nitrogens with one attached hydrogen (secondary N) is 1. The smallest absolute Gasteiger partial charge is 0.258 e. The van der Waals surface area contributed by atoms with Crippen LogP contribution in [-0.4, -0.2) is 28.5 Å². The first-order chi connectivity index (χ1) is 9.72. The van der Waals surface area contributed by atoms with Crippen LogP contribution in [0.2, 0.25) is 0 Å². The van der Waals surface area contributed by atoms with Gasteiger partial charge in [0.25, 0.3) is 11.8 Å². The van der Waals surface area contributed by atoms with Crippen molar-refractivity contribution < 1.29 is 14.7 Å². The zero-order valence-electron chi connectivity index (χ0n) is 10.8. The number of H-pyrrole nitrogens is 1. The van der Waals surface area contributed by atoms with E-state index in [0.717, 1.165) is 16.6 Å². The lowest BCUT2D eigenvalue weighted by atomic mass is 10.1. The molecule has 0 radical (unpaired) electrons. The van der Waals surface area contributed by atoms with Gasteiger partial charge in [0.2, 0.25) is 0 Å². The first kappa shape index (κ1) is 12.6. The van der Waals surface area contributed by atoms with Gasteiger partial charge >= 0.3 is 0 Å². The number of aliphatic hydroxyl groups is 1. The number of nitrogens with zero attached hydrogens (tertiary/aromatic N) is 1. The maximum atomic E-state index is 11.9. The number of amides is 2. The number of fused-ring (bicyclic) bond motifs is 1. The van der Waals surface area contributed by atoms with Crippen molar-refractivity contribution in [1.82, 2.24) is 4.98 Å². The number of hydrogen-bond donors (Lipinski definition) is 2. The molecule has 0 spiro atoms. The number of carbonyl (C=O) groups is 2. The van der Waals surface area contributed by atoms with E-state index in [1.165, 1.54) is 17.1 Å². The molecule has 1 aromatic heterocycles. The van der Waals surface area contributed by atoms with Crippen LogP contribution in [0.4, 0.5) is 5.69 Å². The zero-order chi connectivity index (χ0) is 14.1. The molecule has 2 heterocycles. The number of aromatic amines is 1. The van der Waals surface area contributed by atoms with Gasteiger partial charge in [-0.05, 0) is 18.9 Å². The molecular formula is C15H14N2O3. The van der Waals surface area contributed by atoms with Crippen molar-refractivity contribution in [3.8, 4) is 0 Å². The standard InChI is InChI=1S/C15H14N2O3/c18-9-3-6-12-15(17-13(19)7-8-14(17)20)10-4-1-2-5-11(10)16-12/h1-2,4-5,7-8,16,18H,3,6,9H2. The van der Waals surface area contributed by atoms with Crippen LogP contribution in [0.1, 0.15) is 12.1 Å². The number of hydrogen-bond acceptors (Lipinski definition) is 3.